The SMILES string of the molecule is COc1ccccc1CN1Cc2ccc(N3CCN(CCC(c4ccccc4)c4ccccc4)CC3)cc2C1=O. The van der Waals surface area contributed by atoms with Crippen LogP contribution >= 0.6 is 0 Å². The van der Waals surface area contributed by atoms with Gasteiger partial charge in [-0.25, -0.2) is 0 Å². The number of piperazine rings is 1. The molecule has 1 saturated heterocycles. The zero-order valence-corrected chi connectivity index (χ0v) is 23.2. The van der Waals surface area contributed by atoms with Crippen molar-refractivity contribution in [2.45, 2.75) is 25.4 Å². The minimum absolute atomic E-state index is 0.106. The molecule has 0 radical (unpaired) electrons. The smallest absolute Gasteiger partial charge is 0.254 e. The molecule has 0 atom stereocenters. The summed E-state index contributed by atoms with van der Waals surface area (Å²) in [6, 6.07) is 36.1. The number of benzene rings is 4. The van der Waals surface area contributed by atoms with Crippen LogP contribution in [0.2, 0.25) is 0 Å². The molecule has 1 fully saturated rings. The van der Waals surface area contributed by atoms with Crippen LogP contribution in [0.15, 0.2) is 103 Å². The number of fused-ring (bicyclic) bond motifs is 1. The fourth-order valence-corrected chi connectivity index (χ4v) is 6.15. The zero-order valence-electron chi connectivity index (χ0n) is 23.2. The lowest BCUT2D eigenvalue weighted by atomic mass is 9.88. The maximum atomic E-state index is 13.3. The second-order valence-corrected chi connectivity index (χ2v) is 10.8. The second kappa shape index (κ2) is 12.0. The molecule has 5 nitrogen and oxygen atoms in total. The highest BCUT2D eigenvalue weighted by atomic mass is 16.5. The van der Waals surface area contributed by atoms with Crippen LogP contribution in [-0.4, -0.2) is 55.5 Å². The number of anilines is 1. The number of amides is 1. The van der Waals surface area contributed by atoms with E-state index in [1.54, 1.807) is 7.11 Å². The van der Waals surface area contributed by atoms with E-state index in [0.29, 0.717) is 19.0 Å². The molecule has 0 unspecified atom stereocenters. The van der Waals surface area contributed by atoms with E-state index >= 15 is 0 Å². The number of carbonyl (C=O) groups is 1. The summed E-state index contributed by atoms with van der Waals surface area (Å²) in [6.07, 6.45) is 1.10. The summed E-state index contributed by atoms with van der Waals surface area (Å²) in [7, 11) is 1.68. The highest BCUT2D eigenvalue weighted by Gasteiger charge is 2.29. The molecule has 4 aromatic rings. The summed E-state index contributed by atoms with van der Waals surface area (Å²) in [5, 5.41) is 0. The standard InChI is InChI=1S/C35H37N3O2/c1-40-34-15-9-8-14-30(34)26-38-25-29-16-17-31(24-33(29)35(38)39)37-22-20-36(21-23-37)19-18-32(27-10-4-2-5-11-27)28-12-6-3-7-13-28/h2-17,24,32H,18-23,25-26H2,1H3. The van der Waals surface area contributed by atoms with Crippen LogP contribution in [-0.2, 0) is 13.1 Å². The van der Waals surface area contributed by atoms with E-state index in [4.69, 9.17) is 4.74 Å². The summed E-state index contributed by atoms with van der Waals surface area (Å²) >= 11 is 0. The van der Waals surface area contributed by atoms with Gasteiger partial charge in [-0.3, -0.25) is 9.69 Å². The van der Waals surface area contributed by atoms with E-state index in [1.165, 1.54) is 11.1 Å². The molecular weight excluding hydrogens is 494 g/mol. The van der Waals surface area contributed by atoms with Gasteiger partial charge in [-0.05, 0) is 47.9 Å². The monoisotopic (exact) mass is 531 g/mol. The maximum absolute atomic E-state index is 13.3. The predicted octanol–water partition coefficient (Wildman–Crippen LogP) is 6.20. The van der Waals surface area contributed by atoms with Crippen LogP contribution in [0.3, 0.4) is 0 Å². The summed E-state index contributed by atoms with van der Waals surface area (Å²) in [6.45, 7) is 6.27. The first kappa shape index (κ1) is 26.1. The van der Waals surface area contributed by atoms with Crippen molar-refractivity contribution >= 4 is 11.6 Å². The van der Waals surface area contributed by atoms with Gasteiger partial charge >= 0.3 is 0 Å². The van der Waals surface area contributed by atoms with Gasteiger partial charge in [0.25, 0.3) is 5.91 Å². The molecule has 5 heteroatoms. The van der Waals surface area contributed by atoms with Crippen molar-refractivity contribution in [2.75, 3.05) is 44.7 Å². The number of carbonyl (C=O) groups excluding carboxylic acids is 1. The Balaban J connectivity index is 1.07. The van der Waals surface area contributed by atoms with Gasteiger partial charge in [-0.1, -0.05) is 84.9 Å². The lowest BCUT2D eigenvalue weighted by Gasteiger charge is -2.37. The summed E-state index contributed by atoms with van der Waals surface area (Å²) in [4.78, 5) is 20.3. The molecule has 0 bridgehead atoms. The lowest BCUT2D eigenvalue weighted by Crippen LogP contribution is -2.46. The van der Waals surface area contributed by atoms with E-state index in [-0.39, 0.29) is 5.91 Å². The Bertz CT molecular complexity index is 1390. The Morgan fingerprint density at radius 1 is 0.775 bits per heavy atom. The van der Waals surface area contributed by atoms with Gasteiger partial charge in [0.05, 0.1) is 7.11 Å². The minimum Gasteiger partial charge on any atom is -0.496 e. The maximum Gasteiger partial charge on any atom is 0.254 e. The van der Waals surface area contributed by atoms with E-state index in [2.05, 4.69) is 88.7 Å². The summed E-state index contributed by atoms with van der Waals surface area (Å²) in [5.41, 5.74) is 6.89. The Labute approximate surface area is 237 Å². The van der Waals surface area contributed by atoms with E-state index in [0.717, 1.165) is 67.3 Å². The van der Waals surface area contributed by atoms with Gasteiger partial charge in [-0.15, -0.1) is 0 Å². The fourth-order valence-electron chi connectivity index (χ4n) is 6.15. The first-order valence-corrected chi connectivity index (χ1v) is 14.3. The molecule has 1 amide bonds. The van der Waals surface area contributed by atoms with Crippen LogP contribution in [0, 0.1) is 0 Å². The first-order chi connectivity index (χ1) is 19.7. The van der Waals surface area contributed by atoms with Crippen LogP contribution < -0.4 is 9.64 Å². The molecule has 0 N–H and O–H groups in total. The third-order valence-corrected chi connectivity index (χ3v) is 8.40. The van der Waals surface area contributed by atoms with Crippen LogP contribution in [0.4, 0.5) is 5.69 Å². The number of rotatable bonds is 9. The Kier molecular flexibility index (Phi) is 7.83. The van der Waals surface area contributed by atoms with E-state index in [1.807, 2.05) is 29.2 Å². The largest absolute Gasteiger partial charge is 0.496 e. The molecule has 6 rings (SSSR count). The lowest BCUT2D eigenvalue weighted by molar-refractivity contribution is 0.0765. The Morgan fingerprint density at radius 2 is 1.43 bits per heavy atom. The third kappa shape index (κ3) is 5.61. The van der Waals surface area contributed by atoms with Crippen molar-refractivity contribution in [2.24, 2.45) is 0 Å². The highest BCUT2D eigenvalue weighted by molar-refractivity contribution is 5.99. The van der Waals surface area contributed by atoms with Crippen molar-refractivity contribution in [3.8, 4) is 5.75 Å². The molecule has 204 valence electrons. The predicted molar refractivity (Wildman–Crippen MR) is 161 cm³/mol. The molecule has 0 aromatic heterocycles. The van der Waals surface area contributed by atoms with Crippen molar-refractivity contribution < 1.29 is 9.53 Å². The number of methoxy groups -OCH3 is 1. The first-order valence-electron chi connectivity index (χ1n) is 14.3. The second-order valence-electron chi connectivity index (χ2n) is 10.8. The van der Waals surface area contributed by atoms with E-state index in [9.17, 15) is 4.79 Å². The molecule has 2 heterocycles. The number of para-hydroxylation sites is 1. The number of ether oxygens (including phenoxy) is 1. The normalized spacial score (nSPS) is 15.5. The van der Waals surface area contributed by atoms with E-state index < -0.39 is 0 Å². The van der Waals surface area contributed by atoms with Crippen molar-refractivity contribution in [3.05, 3.63) is 131 Å². The van der Waals surface area contributed by atoms with Crippen LogP contribution in [0.1, 0.15) is 45.0 Å². The van der Waals surface area contributed by atoms with Gasteiger partial charge < -0.3 is 14.5 Å². The van der Waals surface area contributed by atoms with Gasteiger partial charge in [-0.2, -0.15) is 0 Å². The van der Waals surface area contributed by atoms with Gasteiger partial charge in [0.15, 0.2) is 0 Å². The third-order valence-electron chi connectivity index (χ3n) is 8.40. The van der Waals surface area contributed by atoms with Gasteiger partial charge in [0.1, 0.15) is 5.75 Å². The van der Waals surface area contributed by atoms with Crippen LogP contribution in [0.25, 0.3) is 0 Å². The molecule has 2 aliphatic heterocycles. The average Bonchev–Trinajstić information content (AvgIpc) is 3.33. The zero-order chi connectivity index (χ0) is 27.3. The average molecular weight is 532 g/mol. The summed E-state index contributed by atoms with van der Waals surface area (Å²) in [5.74, 6) is 1.33. The highest BCUT2D eigenvalue weighted by Crippen LogP contribution is 2.31. The van der Waals surface area contributed by atoms with Crippen molar-refractivity contribution in [3.63, 3.8) is 0 Å². The molecule has 0 spiro atoms. The molecule has 0 aliphatic carbocycles. The Hall–Kier alpha value is -4.09. The molecule has 0 saturated carbocycles. The topological polar surface area (TPSA) is 36.0 Å². The molecular formula is C35H37N3O2. The number of nitrogens with zero attached hydrogens (tertiary/aromatic N) is 3. The van der Waals surface area contributed by atoms with Crippen LogP contribution in [0.5, 0.6) is 5.75 Å². The molecule has 4 aromatic carbocycles. The Morgan fingerprint density at radius 3 is 2.10 bits per heavy atom. The molecule has 2 aliphatic rings. The minimum atomic E-state index is 0.106. The van der Waals surface area contributed by atoms with Gasteiger partial charge in [0.2, 0.25) is 0 Å². The number of hydrogen-bond donors (Lipinski definition) is 0. The quantitative estimate of drug-likeness (QED) is 0.258. The number of hydrogen-bond acceptors (Lipinski definition) is 4. The summed E-state index contributed by atoms with van der Waals surface area (Å²) < 4.78 is 5.50. The fraction of sp³-hybridized carbons (Fsp3) is 0.286. The molecule has 40 heavy (non-hydrogen) atoms. The van der Waals surface area contributed by atoms with Gasteiger partial charge in [0, 0.05) is 62.0 Å². The van der Waals surface area contributed by atoms with Crippen molar-refractivity contribution in [1.82, 2.24) is 9.80 Å². The van der Waals surface area contributed by atoms with Crippen molar-refractivity contribution in [1.29, 1.82) is 0 Å².